The molecule has 0 bridgehead atoms. The predicted octanol–water partition coefficient (Wildman–Crippen LogP) is 1.53. The number of sulfonamides is 1. The van der Waals surface area contributed by atoms with E-state index in [2.05, 4.69) is 12.2 Å². The van der Waals surface area contributed by atoms with E-state index in [-0.39, 0.29) is 11.7 Å². The number of amidine groups is 1. The van der Waals surface area contributed by atoms with Gasteiger partial charge >= 0.3 is 0 Å². The van der Waals surface area contributed by atoms with Crippen molar-refractivity contribution in [2.75, 3.05) is 18.8 Å². The van der Waals surface area contributed by atoms with Crippen molar-refractivity contribution in [2.45, 2.75) is 57.9 Å². The molecule has 130 valence electrons. The fraction of sp³-hybridized carbons (Fsp3) is 0.875. The molecule has 0 atom stereocenters. The van der Waals surface area contributed by atoms with Crippen molar-refractivity contribution in [3.05, 3.63) is 0 Å². The van der Waals surface area contributed by atoms with Crippen LogP contribution in [0, 0.1) is 11.8 Å². The lowest BCUT2D eigenvalue weighted by atomic mass is 9.82. The van der Waals surface area contributed by atoms with Crippen molar-refractivity contribution in [3.63, 3.8) is 0 Å². The number of aliphatic imine (C=N–C) groups is 1. The minimum absolute atomic E-state index is 0.0281. The minimum Gasteiger partial charge on any atom is -0.312 e. The second-order valence-corrected chi connectivity index (χ2v) is 9.50. The predicted molar refractivity (Wildman–Crippen MR) is 89.7 cm³/mol. The molecule has 23 heavy (non-hydrogen) atoms. The summed E-state index contributed by atoms with van der Waals surface area (Å²) in [5.41, 5.74) is -0.724. The number of carbonyl (C=O) groups is 1. The normalized spacial score (nSPS) is 31.9. The van der Waals surface area contributed by atoms with E-state index in [0.29, 0.717) is 31.8 Å². The van der Waals surface area contributed by atoms with Crippen LogP contribution in [0.3, 0.4) is 0 Å². The van der Waals surface area contributed by atoms with Crippen LogP contribution in [0.5, 0.6) is 0 Å². The Balaban J connectivity index is 1.70. The van der Waals surface area contributed by atoms with Gasteiger partial charge in [0.2, 0.25) is 10.0 Å². The first-order valence-corrected chi connectivity index (χ1v) is 10.4. The van der Waals surface area contributed by atoms with Gasteiger partial charge in [-0.25, -0.2) is 12.7 Å². The molecule has 3 aliphatic rings. The molecule has 2 fully saturated rings. The molecule has 1 saturated heterocycles. The molecule has 0 aromatic heterocycles. The Morgan fingerprint density at radius 1 is 1.22 bits per heavy atom. The number of amides is 1. The van der Waals surface area contributed by atoms with E-state index in [9.17, 15) is 13.2 Å². The van der Waals surface area contributed by atoms with Crippen LogP contribution in [-0.2, 0) is 14.8 Å². The van der Waals surface area contributed by atoms with E-state index in [1.165, 1.54) is 17.1 Å². The number of nitrogens with zero attached hydrogens (tertiary/aromatic N) is 2. The maximum atomic E-state index is 12.5. The molecule has 2 aliphatic heterocycles. The summed E-state index contributed by atoms with van der Waals surface area (Å²) in [5.74, 6) is 2.07. The van der Waals surface area contributed by atoms with Gasteiger partial charge in [-0.1, -0.05) is 19.8 Å². The summed E-state index contributed by atoms with van der Waals surface area (Å²) in [6.07, 6.45) is 5.54. The smallest absolute Gasteiger partial charge is 0.253 e. The summed E-state index contributed by atoms with van der Waals surface area (Å²) in [4.78, 5) is 17.3. The van der Waals surface area contributed by atoms with Crippen molar-refractivity contribution in [2.24, 2.45) is 16.8 Å². The molecule has 2 heterocycles. The lowest BCUT2D eigenvalue weighted by Crippen LogP contribution is -2.50. The zero-order chi connectivity index (χ0) is 16.7. The maximum absolute atomic E-state index is 12.5. The van der Waals surface area contributed by atoms with Crippen LogP contribution in [0.2, 0.25) is 0 Å². The Bertz CT molecular complexity index is 598. The minimum atomic E-state index is -3.17. The first-order chi connectivity index (χ1) is 10.9. The molecule has 1 aliphatic carbocycles. The molecule has 0 unspecified atom stereocenters. The van der Waals surface area contributed by atoms with Gasteiger partial charge in [-0.15, -0.1) is 0 Å². The first-order valence-electron chi connectivity index (χ1n) is 8.75. The van der Waals surface area contributed by atoms with Crippen molar-refractivity contribution in [1.82, 2.24) is 9.62 Å². The molecule has 6 nitrogen and oxygen atoms in total. The molecule has 1 amide bonds. The molecule has 0 aromatic rings. The van der Waals surface area contributed by atoms with Crippen molar-refractivity contribution < 1.29 is 13.2 Å². The van der Waals surface area contributed by atoms with Crippen LogP contribution in [0.25, 0.3) is 0 Å². The lowest BCUT2D eigenvalue weighted by molar-refractivity contribution is -0.125. The average molecular weight is 341 g/mol. The third-order valence-corrected chi connectivity index (χ3v) is 7.59. The van der Waals surface area contributed by atoms with Crippen molar-refractivity contribution in [3.8, 4) is 0 Å². The highest BCUT2D eigenvalue weighted by atomic mass is 32.2. The molecule has 0 radical (unpaired) electrons. The zero-order valence-electron chi connectivity index (χ0n) is 14.0. The first kappa shape index (κ1) is 16.9. The highest BCUT2D eigenvalue weighted by molar-refractivity contribution is 7.89. The molecular formula is C16H27N3O3S. The SMILES string of the molecule is CCS(=O)(=O)N1CCC2(CC1)N=C(C1CCC(C)CC1)NC2=O. The molecular weight excluding hydrogens is 314 g/mol. The van der Waals surface area contributed by atoms with E-state index < -0.39 is 15.6 Å². The van der Waals surface area contributed by atoms with Crippen molar-refractivity contribution >= 4 is 21.8 Å². The number of hydrogen-bond donors (Lipinski definition) is 1. The Labute approximate surface area is 138 Å². The Morgan fingerprint density at radius 3 is 2.39 bits per heavy atom. The van der Waals surface area contributed by atoms with Crippen LogP contribution in [0.15, 0.2) is 4.99 Å². The van der Waals surface area contributed by atoms with Gasteiger partial charge in [0.25, 0.3) is 5.91 Å². The number of piperidine rings is 1. The number of nitrogens with one attached hydrogen (secondary N) is 1. The number of hydrogen-bond acceptors (Lipinski definition) is 4. The molecule has 1 N–H and O–H groups in total. The molecule has 1 spiro atoms. The average Bonchev–Trinajstić information content (AvgIpc) is 2.85. The Morgan fingerprint density at radius 2 is 1.83 bits per heavy atom. The maximum Gasteiger partial charge on any atom is 0.253 e. The summed E-state index contributed by atoms with van der Waals surface area (Å²) >= 11 is 0. The topological polar surface area (TPSA) is 78.8 Å². The van der Waals surface area contributed by atoms with Gasteiger partial charge in [0.1, 0.15) is 11.4 Å². The van der Waals surface area contributed by atoms with Gasteiger partial charge in [-0.2, -0.15) is 0 Å². The van der Waals surface area contributed by atoms with Gasteiger partial charge in [0.05, 0.1) is 5.75 Å². The van der Waals surface area contributed by atoms with E-state index >= 15 is 0 Å². The van der Waals surface area contributed by atoms with Crippen LogP contribution < -0.4 is 5.32 Å². The van der Waals surface area contributed by atoms with Crippen LogP contribution in [0.4, 0.5) is 0 Å². The largest absolute Gasteiger partial charge is 0.312 e. The summed E-state index contributed by atoms with van der Waals surface area (Å²) in [6, 6.07) is 0. The second-order valence-electron chi connectivity index (χ2n) is 7.24. The summed E-state index contributed by atoms with van der Waals surface area (Å²) in [7, 11) is -3.17. The summed E-state index contributed by atoms with van der Waals surface area (Å²) in [5, 5.41) is 3.01. The number of rotatable bonds is 3. The summed E-state index contributed by atoms with van der Waals surface area (Å²) < 4.78 is 25.4. The number of carbonyl (C=O) groups excluding carboxylic acids is 1. The lowest BCUT2D eigenvalue weighted by Gasteiger charge is -2.34. The van der Waals surface area contributed by atoms with E-state index in [4.69, 9.17) is 4.99 Å². The van der Waals surface area contributed by atoms with Gasteiger partial charge in [-0.3, -0.25) is 9.79 Å². The quantitative estimate of drug-likeness (QED) is 0.845. The second kappa shape index (κ2) is 6.16. The van der Waals surface area contributed by atoms with E-state index in [1.54, 1.807) is 6.92 Å². The van der Waals surface area contributed by atoms with Gasteiger partial charge in [0.15, 0.2) is 0 Å². The van der Waals surface area contributed by atoms with Crippen LogP contribution in [0.1, 0.15) is 52.4 Å². The fourth-order valence-electron chi connectivity index (χ4n) is 3.92. The molecule has 3 rings (SSSR count). The van der Waals surface area contributed by atoms with E-state index in [0.717, 1.165) is 24.6 Å². The summed E-state index contributed by atoms with van der Waals surface area (Å²) in [6.45, 7) is 4.71. The van der Waals surface area contributed by atoms with Crippen LogP contribution in [-0.4, -0.2) is 48.8 Å². The monoisotopic (exact) mass is 341 g/mol. The highest BCUT2D eigenvalue weighted by Crippen LogP contribution is 2.35. The van der Waals surface area contributed by atoms with Crippen LogP contribution >= 0.6 is 0 Å². The fourth-order valence-corrected chi connectivity index (χ4v) is 5.03. The standard InChI is InChI=1S/C16H27N3O3S/c1-3-23(21,22)19-10-8-16(9-11-19)15(20)17-14(18-16)13-6-4-12(2)5-7-13/h12-13H,3-11H2,1-2H3,(H,17,18,20). The zero-order valence-corrected chi connectivity index (χ0v) is 14.9. The Hall–Kier alpha value is -0.950. The highest BCUT2D eigenvalue weighted by Gasteiger charge is 2.48. The third-order valence-electron chi connectivity index (χ3n) is 5.71. The third kappa shape index (κ3) is 3.18. The van der Waals surface area contributed by atoms with Gasteiger partial charge in [0, 0.05) is 19.0 Å². The molecule has 1 saturated carbocycles. The van der Waals surface area contributed by atoms with Crippen molar-refractivity contribution in [1.29, 1.82) is 0 Å². The van der Waals surface area contributed by atoms with Gasteiger partial charge < -0.3 is 5.32 Å². The Kier molecular flexibility index (Phi) is 4.53. The molecule has 7 heteroatoms. The molecule has 0 aromatic carbocycles. The van der Waals surface area contributed by atoms with Gasteiger partial charge in [-0.05, 0) is 38.5 Å². The van der Waals surface area contributed by atoms with E-state index in [1.807, 2.05) is 0 Å².